The molecular weight excluding hydrogens is 279 g/mol. The summed E-state index contributed by atoms with van der Waals surface area (Å²) in [4.78, 5) is 2.54. The summed E-state index contributed by atoms with van der Waals surface area (Å²) in [5, 5.41) is 0. The van der Waals surface area contributed by atoms with Crippen molar-refractivity contribution in [2.75, 3.05) is 26.2 Å². The fourth-order valence-corrected chi connectivity index (χ4v) is 3.57. The second-order valence-corrected chi connectivity index (χ2v) is 6.06. The molecule has 1 saturated heterocycles. The predicted molar refractivity (Wildman–Crippen MR) is 88.9 cm³/mol. The standard InChI is InChI=1S/C18H29FN2O/c1-3-10-21-11-6-5-7-17(21)15(13-20)14-8-9-18(22-4-2)16(19)12-14/h8-9,12,15,17H,3-7,10-11,13,20H2,1-2H3. The van der Waals surface area contributed by atoms with E-state index in [1.807, 2.05) is 13.0 Å². The van der Waals surface area contributed by atoms with Gasteiger partial charge in [-0.3, -0.25) is 4.90 Å². The molecule has 4 heteroatoms. The number of nitrogens with two attached hydrogens (primary N) is 1. The monoisotopic (exact) mass is 308 g/mol. The van der Waals surface area contributed by atoms with Crippen molar-refractivity contribution in [2.45, 2.75) is 51.5 Å². The molecule has 1 fully saturated rings. The van der Waals surface area contributed by atoms with Gasteiger partial charge in [-0.25, -0.2) is 4.39 Å². The van der Waals surface area contributed by atoms with Gasteiger partial charge in [0.25, 0.3) is 0 Å². The predicted octanol–water partition coefficient (Wildman–Crippen LogP) is 3.53. The van der Waals surface area contributed by atoms with E-state index >= 15 is 0 Å². The maximum Gasteiger partial charge on any atom is 0.165 e. The lowest BCUT2D eigenvalue weighted by atomic mass is 9.85. The van der Waals surface area contributed by atoms with Gasteiger partial charge < -0.3 is 10.5 Å². The lowest BCUT2D eigenvalue weighted by molar-refractivity contribution is 0.127. The smallest absolute Gasteiger partial charge is 0.165 e. The molecule has 1 aliphatic rings. The molecule has 0 radical (unpaired) electrons. The van der Waals surface area contributed by atoms with E-state index in [1.165, 1.54) is 12.8 Å². The summed E-state index contributed by atoms with van der Waals surface area (Å²) in [6, 6.07) is 5.76. The molecule has 2 N–H and O–H groups in total. The van der Waals surface area contributed by atoms with Crippen LogP contribution in [0.2, 0.25) is 0 Å². The number of piperidine rings is 1. The summed E-state index contributed by atoms with van der Waals surface area (Å²) in [6.07, 6.45) is 4.79. The van der Waals surface area contributed by atoms with Crippen LogP contribution in [0.3, 0.4) is 0 Å². The van der Waals surface area contributed by atoms with Gasteiger partial charge in [-0.2, -0.15) is 0 Å². The van der Waals surface area contributed by atoms with Gasteiger partial charge in [0.2, 0.25) is 0 Å². The summed E-state index contributed by atoms with van der Waals surface area (Å²) in [5.74, 6) is 0.240. The number of ether oxygens (including phenoxy) is 1. The van der Waals surface area contributed by atoms with Gasteiger partial charge >= 0.3 is 0 Å². The van der Waals surface area contributed by atoms with Crippen LogP contribution >= 0.6 is 0 Å². The first kappa shape index (κ1) is 17.2. The quantitative estimate of drug-likeness (QED) is 0.837. The van der Waals surface area contributed by atoms with Crippen molar-refractivity contribution in [1.29, 1.82) is 0 Å². The molecule has 0 bridgehead atoms. The molecule has 2 unspecified atom stereocenters. The van der Waals surface area contributed by atoms with E-state index in [0.717, 1.165) is 31.5 Å². The van der Waals surface area contributed by atoms with Crippen molar-refractivity contribution in [3.63, 3.8) is 0 Å². The van der Waals surface area contributed by atoms with Gasteiger partial charge in [-0.1, -0.05) is 19.4 Å². The lowest BCUT2D eigenvalue weighted by Gasteiger charge is -2.40. The van der Waals surface area contributed by atoms with Crippen LogP contribution in [0.25, 0.3) is 0 Å². The molecule has 124 valence electrons. The summed E-state index contributed by atoms with van der Waals surface area (Å²) in [6.45, 7) is 7.33. The van der Waals surface area contributed by atoms with E-state index in [2.05, 4.69) is 11.8 Å². The minimum absolute atomic E-state index is 0.192. The third-order valence-electron chi connectivity index (χ3n) is 4.58. The largest absolute Gasteiger partial charge is 0.491 e. The summed E-state index contributed by atoms with van der Waals surface area (Å²) < 4.78 is 19.5. The lowest BCUT2D eigenvalue weighted by Crippen LogP contribution is -2.45. The molecule has 1 aliphatic heterocycles. The Hall–Kier alpha value is -1.13. The number of rotatable bonds is 7. The average Bonchev–Trinajstić information content (AvgIpc) is 2.53. The van der Waals surface area contributed by atoms with E-state index in [9.17, 15) is 4.39 Å². The normalized spacial score (nSPS) is 20.8. The summed E-state index contributed by atoms with van der Waals surface area (Å²) in [5.41, 5.74) is 7.06. The van der Waals surface area contributed by atoms with Gasteiger partial charge in [-0.05, 0) is 57.0 Å². The van der Waals surface area contributed by atoms with Crippen LogP contribution in [0.15, 0.2) is 18.2 Å². The second kappa shape index (κ2) is 8.49. The van der Waals surface area contributed by atoms with Gasteiger partial charge in [-0.15, -0.1) is 0 Å². The molecule has 0 aromatic heterocycles. The Balaban J connectivity index is 2.20. The third kappa shape index (κ3) is 3.99. The molecule has 0 spiro atoms. The van der Waals surface area contributed by atoms with Crippen molar-refractivity contribution < 1.29 is 9.13 Å². The third-order valence-corrected chi connectivity index (χ3v) is 4.58. The maximum absolute atomic E-state index is 14.2. The van der Waals surface area contributed by atoms with Crippen LogP contribution in [0, 0.1) is 5.82 Å². The van der Waals surface area contributed by atoms with E-state index in [0.29, 0.717) is 24.9 Å². The van der Waals surface area contributed by atoms with Crippen molar-refractivity contribution in [1.82, 2.24) is 4.90 Å². The van der Waals surface area contributed by atoms with Crippen molar-refractivity contribution in [3.8, 4) is 5.75 Å². The zero-order valence-corrected chi connectivity index (χ0v) is 13.9. The van der Waals surface area contributed by atoms with E-state index in [1.54, 1.807) is 12.1 Å². The van der Waals surface area contributed by atoms with Crippen LogP contribution < -0.4 is 10.5 Å². The summed E-state index contributed by atoms with van der Waals surface area (Å²) >= 11 is 0. The van der Waals surface area contributed by atoms with Crippen LogP contribution in [0.4, 0.5) is 4.39 Å². The summed E-state index contributed by atoms with van der Waals surface area (Å²) in [7, 11) is 0. The first-order valence-corrected chi connectivity index (χ1v) is 8.57. The second-order valence-electron chi connectivity index (χ2n) is 6.06. The van der Waals surface area contributed by atoms with Crippen LogP contribution in [0.1, 0.15) is 51.0 Å². The zero-order chi connectivity index (χ0) is 15.9. The Kier molecular flexibility index (Phi) is 6.65. The maximum atomic E-state index is 14.2. The molecule has 2 atom stereocenters. The van der Waals surface area contributed by atoms with Crippen molar-refractivity contribution in [3.05, 3.63) is 29.6 Å². The van der Waals surface area contributed by atoms with Gasteiger partial charge in [0.05, 0.1) is 6.61 Å². The fraction of sp³-hybridized carbons (Fsp3) is 0.667. The number of hydrogen-bond acceptors (Lipinski definition) is 3. The van der Waals surface area contributed by atoms with Crippen molar-refractivity contribution in [2.24, 2.45) is 5.73 Å². The number of halogens is 1. The van der Waals surface area contributed by atoms with E-state index < -0.39 is 0 Å². The highest BCUT2D eigenvalue weighted by atomic mass is 19.1. The Bertz CT molecular complexity index is 464. The van der Waals surface area contributed by atoms with Gasteiger partial charge in [0.1, 0.15) is 0 Å². The minimum atomic E-state index is -0.282. The fourth-order valence-electron chi connectivity index (χ4n) is 3.57. The first-order valence-electron chi connectivity index (χ1n) is 8.57. The highest BCUT2D eigenvalue weighted by Gasteiger charge is 2.30. The molecule has 1 aromatic carbocycles. The molecule has 2 rings (SSSR count). The number of benzene rings is 1. The highest BCUT2D eigenvalue weighted by Crippen LogP contribution is 2.32. The average molecular weight is 308 g/mol. The highest BCUT2D eigenvalue weighted by molar-refractivity contribution is 5.32. The Morgan fingerprint density at radius 1 is 1.36 bits per heavy atom. The molecule has 0 aliphatic carbocycles. The number of nitrogens with zero attached hydrogens (tertiary/aromatic N) is 1. The Morgan fingerprint density at radius 3 is 2.82 bits per heavy atom. The van der Waals surface area contributed by atoms with Crippen molar-refractivity contribution >= 4 is 0 Å². The molecular formula is C18H29FN2O. The van der Waals surface area contributed by atoms with E-state index in [-0.39, 0.29) is 11.7 Å². The SMILES string of the molecule is CCCN1CCCCC1C(CN)c1ccc(OCC)c(F)c1. The molecule has 1 heterocycles. The van der Waals surface area contributed by atoms with Gasteiger partial charge in [0.15, 0.2) is 11.6 Å². The topological polar surface area (TPSA) is 38.5 Å². The van der Waals surface area contributed by atoms with E-state index in [4.69, 9.17) is 10.5 Å². The molecule has 3 nitrogen and oxygen atoms in total. The molecule has 1 aromatic rings. The minimum Gasteiger partial charge on any atom is -0.491 e. The molecule has 0 amide bonds. The molecule has 0 saturated carbocycles. The number of hydrogen-bond donors (Lipinski definition) is 1. The first-order chi connectivity index (χ1) is 10.7. The van der Waals surface area contributed by atoms with Crippen LogP contribution in [0.5, 0.6) is 5.75 Å². The van der Waals surface area contributed by atoms with Crippen LogP contribution in [-0.2, 0) is 0 Å². The number of likely N-dealkylation sites (tertiary alicyclic amines) is 1. The molecule has 22 heavy (non-hydrogen) atoms. The Morgan fingerprint density at radius 2 is 2.18 bits per heavy atom. The Labute approximate surface area is 133 Å². The van der Waals surface area contributed by atoms with Gasteiger partial charge in [0, 0.05) is 18.5 Å². The van der Waals surface area contributed by atoms with Crippen LogP contribution in [-0.4, -0.2) is 37.2 Å². The zero-order valence-electron chi connectivity index (χ0n) is 13.9.